The highest BCUT2D eigenvalue weighted by Crippen LogP contribution is 2.13. The number of benzene rings is 1. The monoisotopic (exact) mass is 282 g/mol. The van der Waals surface area contributed by atoms with Crippen LogP contribution in [0.2, 0.25) is 0 Å². The zero-order chi connectivity index (χ0) is 15.1. The van der Waals surface area contributed by atoms with E-state index in [0.29, 0.717) is 6.42 Å². The van der Waals surface area contributed by atoms with Gasteiger partial charge in [0.05, 0.1) is 12.8 Å². The van der Waals surface area contributed by atoms with Crippen molar-refractivity contribution in [2.75, 3.05) is 12.4 Å². The molecule has 0 aromatic heterocycles. The first kappa shape index (κ1) is 15.9. The molecule has 2 atom stereocenters. The third kappa shape index (κ3) is 4.22. The number of carbonyl (C=O) groups is 2. The molecule has 2 N–H and O–H groups in total. The lowest BCUT2D eigenvalue weighted by atomic mass is 9.99. The van der Waals surface area contributed by atoms with Gasteiger partial charge in [-0.3, -0.25) is 0 Å². The molecule has 2 amide bonds. The Morgan fingerprint density at radius 2 is 2.00 bits per heavy atom. The summed E-state index contributed by atoms with van der Waals surface area (Å²) >= 11 is 0. The minimum absolute atomic E-state index is 0.0535. The van der Waals surface area contributed by atoms with Crippen molar-refractivity contribution in [1.29, 1.82) is 0 Å². The molecule has 0 radical (unpaired) electrons. The first-order valence-electron chi connectivity index (χ1n) is 6.39. The Labute approximate surface area is 117 Å². The molecule has 0 saturated carbocycles. The zero-order valence-corrected chi connectivity index (χ0v) is 11.8. The minimum atomic E-state index is -0.767. The van der Waals surface area contributed by atoms with Gasteiger partial charge in [-0.1, -0.05) is 32.4 Å². The van der Waals surface area contributed by atoms with E-state index in [0.717, 1.165) is 0 Å². The molecule has 0 aliphatic carbocycles. The Bertz CT molecular complexity index is 479. The number of esters is 1. The number of halogens is 1. The number of hydrogen-bond donors (Lipinski definition) is 2. The number of para-hydroxylation sites is 1. The molecule has 1 rings (SSSR count). The van der Waals surface area contributed by atoms with Crippen molar-refractivity contribution in [2.24, 2.45) is 5.92 Å². The van der Waals surface area contributed by atoms with E-state index in [1.165, 1.54) is 25.3 Å². The maximum atomic E-state index is 13.4. The van der Waals surface area contributed by atoms with Crippen LogP contribution in [0.15, 0.2) is 24.3 Å². The number of hydrogen-bond acceptors (Lipinski definition) is 3. The number of ether oxygens (including phenoxy) is 1. The Hall–Kier alpha value is -2.11. The van der Waals surface area contributed by atoms with E-state index >= 15 is 0 Å². The van der Waals surface area contributed by atoms with E-state index in [4.69, 9.17) is 0 Å². The molecule has 0 aliphatic rings. The second-order valence-corrected chi connectivity index (χ2v) is 4.46. The fraction of sp³-hybridized carbons (Fsp3) is 0.429. The second kappa shape index (κ2) is 7.47. The molecule has 0 aliphatic heterocycles. The molecule has 1 aromatic carbocycles. The summed E-state index contributed by atoms with van der Waals surface area (Å²) in [5.41, 5.74) is 0.0535. The molecule has 6 heteroatoms. The topological polar surface area (TPSA) is 67.4 Å². The standard InChI is InChI=1S/C14H19FN2O3/c1-4-9(2)12(13(18)20-3)17-14(19)16-11-8-6-5-7-10(11)15/h5-9,12H,4H2,1-3H3,(H2,16,17,19)/t9?,12-/m1/s1. The molecule has 1 aromatic rings. The van der Waals surface area contributed by atoms with Gasteiger partial charge in [0.15, 0.2) is 0 Å². The molecule has 0 spiro atoms. The highest BCUT2D eigenvalue weighted by molar-refractivity contribution is 5.92. The van der Waals surface area contributed by atoms with E-state index in [9.17, 15) is 14.0 Å². The van der Waals surface area contributed by atoms with Crippen molar-refractivity contribution in [1.82, 2.24) is 5.32 Å². The normalized spacial score (nSPS) is 13.2. The first-order valence-corrected chi connectivity index (χ1v) is 6.39. The van der Waals surface area contributed by atoms with Gasteiger partial charge in [0, 0.05) is 0 Å². The lowest BCUT2D eigenvalue weighted by molar-refractivity contribution is -0.144. The maximum absolute atomic E-state index is 13.4. The van der Waals surface area contributed by atoms with Crippen LogP contribution in [0.5, 0.6) is 0 Å². The summed E-state index contributed by atoms with van der Waals surface area (Å²) in [4.78, 5) is 23.4. The third-order valence-corrected chi connectivity index (χ3v) is 3.08. The number of nitrogens with one attached hydrogen (secondary N) is 2. The third-order valence-electron chi connectivity index (χ3n) is 3.08. The van der Waals surface area contributed by atoms with Gasteiger partial charge in [-0.15, -0.1) is 0 Å². The first-order chi connectivity index (χ1) is 9.49. The van der Waals surface area contributed by atoms with Crippen LogP contribution in [-0.4, -0.2) is 25.2 Å². The van der Waals surface area contributed by atoms with Crippen LogP contribution in [0.25, 0.3) is 0 Å². The average molecular weight is 282 g/mol. The number of urea groups is 1. The molecule has 0 fully saturated rings. The SMILES string of the molecule is CCC(C)[C@@H](NC(=O)Nc1ccccc1F)C(=O)OC. The van der Waals surface area contributed by atoms with Crippen LogP contribution >= 0.6 is 0 Å². The Morgan fingerprint density at radius 1 is 1.35 bits per heavy atom. The summed E-state index contributed by atoms with van der Waals surface area (Å²) in [6.07, 6.45) is 0.694. The highest BCUT2D eigenvalue weighted by Gasteiger charge is 2.26. The van der Waals surface area contributed by atoms with Crippen LogP contribution in [0.3, 0.4) is 0 Å². The molecule has 20 heavy (non-hydrogen) atoms. The van der Waals surface area contributed by atoms with Gasteiger partial charge >= 0.3 is 12.0 Å². The van der Waals surface area contributed by atoms with Crippen LogP contribution in [0, 0.1) is 11.7 Å². The van der Waals surface area contributed by atoms with Gasteiger partial charge in [-0.2, -0.15) is 0 Å². The van der Waals surface area contributed by atoms with Gasteiger partial charge in [-0.25, -0.2) is 14.0 Å². The van der Waals surface area contributed by atoms with Gasteiger partial charge in [0.25, 0.3) is 0 Å². The lowest BCUT2D eigenvalue weighted by Crippen LogP contribution is -2.47. The predicted molar refractivity (Wildman–Crippen MR) is 73.8 cm³/mol. The lowest BCUT2D eigenvalue weighted by Gasteiger charge is -2.22. The number of rotatable bonds is 5. The summed E-state index contributed by atoms with van der Waals surface area (Å²) in [6, 6.07) is 4.38. The quantitative estimate of drug-likeness (QED) is 0.815. The molecule has 0 bridgehead atoms. The van der Waals surface area contributed by atoms with Crippen molar-refractivity contribution in [3.05, 3.63) is 30.1 Å². The number of carbonyl (C=O) groups excluding carboxylic acids is 2. The van der Waals surface area contributed by atoms with E-state index in [1.807, 2.05) is 13.8 Å². The van der Waals surface area contributed by atoms with Crippen LogP contribution in [0.4, 0.5) is 14.9 Å². The number of anilines is 1. The molecule has 5 nitrogen and oxygen atoms in total. The second-order valence-electron chi connectivity index (χ2n) is 4.46. The predicted octanol–water partition coefficient (Wildman–Crippen LogP) is 2.53. The van der Waals surface area contributed by atoms with Crippen LogP contribution in [-0.2, 0) is 9.53 Å². The van der Waals surface area contributed by atoms with Gasteiger partial charge < -0.3 is 15.4 Å². The van der Waals surface area contributed by atoms with Crippen LogP contribution in [0.1, 0.15) is 20.3 Å². The largest absolute Gasteiger partial charge is 0.467 e. The molecular formula is C14H19FN2O3. The fourth-order valence-corrected chi connectivity index (χ4v) is 1.66. The average Bonchev–Trinajstić information content (AvgIpc) is 2.45. The summed E-state index contributed by atoms with van der Waals surface area (Å²) in [6.45, 7) is 3.72. The van der Waals surface area contributed by atoms with Gasteiger partial charge in [0.1, 0.15) is 11.9 Å². The molecule has 0 heterocycles. The smallest absolute Gasteiger partial charge is 0.328 e. The van der Waals surface area contributed by atoms with Crippen molar-refractivity contribution >= 4 is 17.7 Å². The molecular weight excluding hydrogens is 263 g/mol. The number of methoxy groups -OCH3 is 1. The summed E-state index contributed by atoms with van der Waals surface area (Å²) in [7, 11) is 1.26. The summed E-state index contributed by atoms with van der Waals surface area (Å²) in [5.74, 6) is -1.15. The molecule has 1 unspecified atom stereocenters. The Balaban J connectivity index is 2.72. The van der Waals surface area contributed by atoms with Crippen molar-refractivity contribution < 1.29 is 18.7 Å². The highest BCUT2D eigenvalue weighted by atomic mass is 19.1. The molecule has 110 valence electrons. The Kier molecular flexibility index (Phi) is 5.96. The Morgan fingerprint density at radius 3 is 2.55 bits per heavy atom. The fourth-order valence-electron chi connectivity index (χ4n) is 1.66. The van der Waals surface area contributed by atoms with Crippen molar-refractivity contribution in [2.45, 2.75) is 26.3 Å². The maximum Gasteiger partial charge on any atom is 0.328 e. The van der Waals surface area contributed by atoms with Crippen molar-refractivity contribution in [3.63, 3.8) is 0 Å². The van der Waals surface area contributed by atoms with Gasteiger partial charge in [0.2, 0.25) is 0 Å². The summed E-state index contributed by atoms with van der Waals surface area (Å²) in [5, 5.41) is 4.87. The van der Waals surface area contributed by atoms with E-state index in [-0.39, 0.29) is 11.6 Å². The van der Waals surface area contributed by atoms with E-state index in [2.05, 4.69) is 15.4 Å². The minimum Gasteiger partial charge on any atom is -0.467 e. The van der Waals surface area contributed by atoms with E-state index < -0.39 is 23.9 Å². The van der Waals surface area contributed by atoms with E-state index in [1.54, 1.807) is 6.07 Å². The summed E-state index contributed by atoms with van der Waals surface area (Å²) < 4.78 is 18.1. The van der Waals surface area contributed by atoms with Crippen LogP contribution < -0.4 is 10.6 Å². The zero-order valence-electron chi connectivity index (χ0n) is 11.8. The molecule has 0 saturated heterocycles. The van der Waals surface area contributed by atoms with Gasteiger partial charge in [-0.05, 0) is 18.1 Å². The number of amides is 2. The van der Waals surface area contributed by atoms with Crippen molar-refractivity contribution in [3.8, 4) is 0 Å².